The number of hydrazine groups is 1. The van der Waals surface area contributed by atoms with Crippen LogP contribution in [0.4, 0.5) is 0 Å². The molecule has 0 saturated carbocycles. The van der Waals surface area contributed by atoms with Gasteiger partial charge >= 0.3 is 0 Å². The lowest BCUT2D eigenvalue weighted by molar-refractivity contribution is -0.114. The number of carbonyl (C=O) groups excluding carboxylic acids is 1. The maximum atomic E-state index is 10.8. The van der Waals surface area contributed by atoms with Crippen LogP contribution in [0.15, 0.2) is 16.4 Å². The van der Waals surface area contributed by atoms with Crippen LogP contribution in [0.25, 0.3) is 0 Å². The lowest BCUT2D eigenvalue weighted by atomic mass is 10.2. The van der Waals surface area contributed by atoms with Gasteiger partial charge in [-0.15, -0.1) is 0 Å². The first-order chi connectivity index (χ1) is 5.95. The predicted molar refractivity (Wildman–Crippen MR) is 46.0 cm³/mol. The highest BCUT2D eigenvalue weighted by molar-refractivity contribution is 6.20. The second-order valence-electron chi connectivity index (χ2n) is 2.46. The van der Waals surface area contributed by atoms with E-state index in [1.165, 1.54) is 0 Å². The number of hydrogen-bond acceptors (Lipinski definition) is 7. The van der Waals surface area contributed by atoms with Gasteiger partial charge in [0.2, 0.25) is 0 Å². The van der Waals surface area contributed by atoms with E-state index in [1.54, 1.807) is 0 Å². The van der Waals surface area contributed by atoms with Crippen molar-refractivity contribution in [2.75, 3.05) is 0 Å². The van der Waals surface area contributed by atoms with Gasteiger partial charge in [-0.05, 0) is 0 Å². The topological polar surface area (TPSA) is 163 Å². The van der Waals surface area contributed by atoms with Crippen LogP contribution in [-0.4, -0.2) is 23.0 Å². The fraction of sp³-hybridized carbons (Fsp3) is 0.200. The van der Waals surface area contributed by atoms with Crippen LogP contribution in [-0.2, 0) is 4.79 Å². The molecule has 1 unspecified atom stereocenters. The number of hydrogen-bond donors (Lipinski definition) is 5. The summed E-state index contributed by atoms with van der Waals surface area (Å²) >= 11 is 0. The molecule has 10 N–H and O–H groups in total. The molecule has 1 rings (SSSR count). The van der Waals surface area contributed by atoms with Crippen molar-refractivity contribution in [3.8, 4) is 0 Å². The highest BCUT2D eigenvalue weighted by atomic mass is 16.1. The Kier molecular flexibility index (Phi) is 2.09. The zero-order valence-corrected chi connectivity index (χ0v) is 6.77. The van der Waals surface area contributed by atoms with Gasteiger partial charge in [-0.1, -0.05) is 0 Å². The first-order valence-corrected chi connectivity index (χ1v) is 3.38. The van der Waals surface area contributed by atoms with Gasteiger partial charge in [0.05, 0.1) is 0 Å². The van der Waals surface area contributed by atoms with Crippen molar-refractivity contribution in [2.24, 2.45) is 33.8 Å². The van der Waals surface area contributed by atoms with Crippen molar-refractivity contribution in [3.63, 3.8) is 0 Å². The Morgan fingerprint density at radius 3 is 2.46 bits per heavy atom. The van der Waals surface area contributed by atoms with Crippen LogP contribution in [0, 0.1) is 0 Å². The summed E-state index contributed by atoms with van der Waals surface area (Å²) in [7, 11) is 0. The first-order valence-electron chi connectivity index (χ1n) is 3.38. The molecule has 1 atom stereocenters. The van der Waals surface area contributed by atoms with E-state index in [2.05, 4.69) is 4.99 Å². The van der Waals surface area contributed by atoms with Gasteiger partial charge in [0.15, 0.2) is 6.29 Å². The number of primary amides is 1. The number of amidine groups is 1. The molecule has 0 radical (unpaired) electrons. The monoisotopic (exact) mass is 185 g/mol. The molecule has 0 spiro atoms. The number of rotatable bonds is 1. The smallest absolute Gasteiger partial charge is 0.256 e. The zero-order chi connectivity index (χ0) is 10.2. The Bertz CT molecular complexity index is 306. The second kappa shape index (κ2) is 2.92. The lowest BCUT2D eigenvalue weighted by Crippen LogP contribution is -2.53. The Labute approximate surface area is 74.0 Å². The Morgan fingerprint density at radius 1 is 1.46 bits per heavy atom. The van der Waals surface area contributed by atoms with Crippen LogP contribution in [0.2, 0.25) is 0 Å². The average molecular weight is 185 g/mol. The highest BCUT2D eigenvalue weighted by Crippen LogP contribution is 2.09. The van der Waals surface area contributed by atoms with Crippen LogP contribution < -0.4 is 28.8 Å². The van der Waals surface area contributed by atoms with Crippen LogP contribution in [0.1, 0.15) is 0 Å². The molecule has 8 nitrogen and oxygen atoms in total. The van der Waals surface area contributed by atoms with E-state index in [4.69, 9.17) is 28.8 Å². The zero-order valence-electron chi connectivity index (χ0n) is 6.77. The normalized spacial score (nSPS) is 23.1. The van der Waals surface area contributed by atoms with Gasteiger partial charge in [0.25, 0.3) is 5.91 Å². The standard InChI is InChI=1S/C5H11N7O/c6-2-1(4(8)13)3(7)12(10)5(9)11-2/h5H,7,9-10H2,(H2,6,11)(H2,8,13). The Balaban J connectivity index is 3.17. The van der Waals surface area contributed by atoms with E-state index in [1.807, 2.05) is 0 Å². The SMILES string of the molecule is NC(=O)C1=C(N)N(N)C(N)N=C1N. The minimum absolute atomic E-state index is 0.0764. The van der Waals surface area contributed by atoms with Gasteiger partial charge in [0.1, 0.15) is 17.2 Å². The fourth-order valence-corrected chi connectivity index (χ4v) is 0.925. The third-order valence-corrected chi connectivity index (χ3v) is 1.59. The summed E-state index contributed by atoms with van der Waals surface area (Å²) in [6.45, 7) is 0. The molecule has 0 aromatic carbocycles. The molecule has 8 heteroatoms. The molecule has 13 heavy (non-hydrogen) atoms. The highest BCUT2D eigenvalue weighted by Gasteiger charge is 2.26. The Morgan fingerprint density at radius 2 is 2.00 bits per heavy atom. The quantitative estimate of drug-likeness (QED) is 0.265. The van der Waals surface area contributed by atoms with Crippen molar-refractivity contribution in [3.05, 3.63) is 11.4 Å². The van der Waals surface area contributed by atoms with E-state index in [0.29, 0.717) is 0 Å². The predicted octanol–water partition coefficient (Wildman–Crippen LogP) is -3.57. The molecule has 0 aromatic rings. The molecule has 1 heterocycles. The van der Waals surface area contributed by atoms with Gasteiger partial charge in [-0.3, -0.25) is 15.5 Å². The van der Waals surface area contributed by atoms with E-state index in [9.17, 15) is 4.79 Å². The maximum absolute atomic E-state index is 10.8. The minimum Gasteiger partial charge on any atom is -0.383 e. The minimum atomic E-state index is -0.886. The number of carbonyl (C=O) groups is 1. The molecule has 0 saturated heterocycles. The van der Waals surface area contributed by atoms with Crippen molar-refractivity contribution < 1.29 is 4.79 Å². The van der Waals surface area contributed by atoms with Gasteiger partial charge < -0.3 is 17.2 Å². The molecule has 72 valence electrons. The summed E-state index contributed by atoms with van der Waals surface area (Å²) in [6.07, 6.45) is -0.886. The van der Waals surface area contributed by atoms with E-state index in [0.717, 1.165) is 5.01 Å². The summed E-state index contributed by atoms with van der Waals surface area (Å²) in [5.74, 6) is 4.40. The van der Waals surface area contributed by atoms with Gasteiger partial charge in [-0.2, -0.15) is 0 Å². The first kappa shape index (κ1) is 9.29. The number of amides is 1. The number of nitrogens with two attached hydrogens (primary N) is 5. The average Bonchev–Trinajstić information content (AvgIpc) is 1.99. The molecular weight excluding hydrogens is 174 g/mol. The Hall–Kier alpha value is -1.80. The number of nitrogens with zero attached hydrogens (tertiary/aromatic N) is 2. The van der Waals surface area contributed by atoms with E-state index >= 15 is 0 Å². The molecule has 1 aliphatic rings. The summed E-state index contributed by atoms with van der Waals surface area (Å²) in [6, 6.07) is 0. The van der Waals surface area contributed by atoms with Crippen LogP contribution in [0.3, 0.4) is 0 Å². The van der Waals surface area contributed by atoms with Crippen molar-refractivity contribution in [1.82, 2.24) is 5.01 Å². The van der Waals surface area contributed by atoms with Crippen LogP contribution >= 0.6 is 0 Å². The molecule has 0 aliphatic carbocycles. The third kappa shape index (κ3) is 1.39. The largest absolute Gasteiger partial charge is 0.383 e. The lowest BCUT2D eigenvalue weighted by Gasteiger charge is -2.28. The van der Waals surface area contributed by atoms with Gasteiger partial charge in [0, 0.05) is 0 Å². The maximum Gasteiger partial charge on any atom is 0.256 e. The summed E-state index contributed by atoms with van der Waals surface area (Å²) in [5.41, 5.74) is 21.1. The molecule has 1 amide bonds. The molecular formula is C5H11N7O. The molecule has 0 bridgehead atoms. The summed E-state index contributed by atoms with van der Waals surface area (Å²) in [4.78, 5) is 14.5. The molecule has 0 fully saturated rings. The van der Waals surface area contributed by atoms with Crippen molar-refractivity contribution >= 4 is 11.7 Å². The summed E-state index contributed by atoms with van der Waals surface area (Å²) < 4.78 is 0. The molecule has 0 aromatic heterocycles. The van der Waals surface area contributed by atoms with Gasteiger partial charge in [-0.25, -0.2) is 10.8 Å². The summed E-state index contributed by atoms with van der Waals surface area (Å²) in [5, 5.41) is 0.913. The molecule has 1 aliphatic heterocycles. The second-order valence-corrected chi connectivity index (χ2v) is 2.46. The third-order valence-electron chi connectivity index (χ3n) is 1.59. The fourth-order valence-electron chi connectivity index (χ4n) is 0.925. The van der Waals surface area contributed by atoms with E-state index < -0.39 is 12.2 Å². The van der Waals surface area contributed by atoms with Crippen LogP contribution in [0.5, 0.6) is 0 Å². The number of aliphatic imine (C=N–C) groups is 1. The van der Waals surface area contributed by atoms with Crippen molar-refractivity contribution in [1.29, 1.82) is 0 Å². The van der Waals surface area contributed by atoms with E-state index in [-0.39, 0.29) is 17.2 Å². The van der Waals surface area contributed by atoms with Crippen molar-refractivity contribution in [2.45, 2.75) is 6.29 Å².